The van der Waals surface area contributed by atoms with E-state index in [1.165, 1.54) is 32.8 Å². The summed E-state index contributed by atoms with van der Waals surface area (Å²) in [6, 6.07) is 0. The molecule has 0 radical (unpaired) electrons. The highest BCUT2D eigenvalue weighted by Gasteiger charge is 2.26. The van der Waals surface area contributed by atoms with Crippen molar-refractivity contribution in [2.24, 2.45) is 0 Å². The minimum atomic E-state index is -0.291. The van der Waals surface area contributed by atoms with Gasteiger partial charge in [0.05, 0.1) is 12.1 Å². The molecule has 1 aliphatic rings. The van der Waals surface area contributed by atoms with E-state index in [1.807, 2.05) is 6.92 Å². The van der Waals surface area contributed by atoms with Crippen molar-refractivity contribution in [2.45, 2.75) is 38.5 Å². The zero-order chi connectivity index (χ0) is 10.8. The fourth-order valence-electron chi connectivity index (χ4n) is 2.15. The summed E-state index contributed by atoms with van der Waals surface area (Å²) < 4.78 is 4.76. The van der Waals surface area contributed by atoms with Crippen molar-refractivity contribution in [3.63, 3.8) is 0 Å². The van der Waals surface area contributed by atoms with Gasteiger partial charge in [-0.1, -0.05) is 12.8 Å². The quantitative estimate of drug-likeness (QED) is 0.726. The third kappa shape index (κ3) is 2.04. The van der Waals surface area contributed by atoms with E-state index in [2.05, 4.69) is 4.98 Å². The number of methoxy groups -OCH3 is 1. The van der Waals surface area contributed by atoms with Crippen molar-refractivity contribution in [1.29, 1.82) is 0 Å². The topological polar surface area (TPSA) is 39.2 Å². The normalized spacial score (nSPS) is 16.9. The first-order valence-corrected chi connectivity index (χ1v) is 6.09. The Kier molecular flexibility index (Phi) is 3.05. The maximum absolute atomic E-state index is 11.5. The van der Waals surface area contributed by atoms with E-state index in [4.69, 9.17) is 4.74 Å². The number of carbonyl (C=O) groups is 1. The molecule has 0 unspecified atom stereocenters. The summed E-state index contributed by atoms with van der Waals surface area (Å²) in [6.45, 7) is 1.94. The molecule has 0 spiro atoms. The number of aryl methyl sites for hydroxylation is 1. The van der Waals surface area contributed by atoms with Crippen LogP contribution in [0.1, 0.15) is 52.0 Å². The second kappa shape index (κ2) is 4.31. The van der Waals surface area contributed by atoms with Crippen LogP contribution in [0.4, 0.5) is 0 Å². The molecular formula is C11H15NO2S. The molecule has 0 bridgehead atoms. The maximum Gasteiger partial charge on any atom is 0.357 e. The van der Waals surface area contributed by atoms with E-state index < -0.39 is 0 Å². The molecule has 0 aliphatic heterocycles. The molecule has 1 saturated carbocycles. The highest BCUT2D eigenvalue weighted by molar-refractivity contribution is 7.12. The summed E-state index contributed by atoms with van der Waals surface area (Å²) in [7, 11) is 1.41. The van der Waals surface area contributed by atoms with Crippen LogP contribution in [-0.2, 0) is 4.74 Å². The summed E-state index contributed by atoms with van der Waals surface area (Å²) in [4.78, 5) is 16.9. The minimum absolute atomic E-state index is 0.291. The molecule has 1 aromatic rings. The third-order valence-electron chi connectivity index (χ3n) is 2.87. The molecule has 1 aromatic heterocycles. The standard InChI is InChI=1S/C11H15NO2S/c1-7-12-9(11(13)14-2)10(15-7)8-5-3-4-6-8/h8H,3-6H2,1-2H3. The summed E-state index contributed by atoms with van der Waals surface area (Å²) in [5, 5.41) is 0.956. The molecule has 3 nitrogen and oxygen atoms in total. The third-order valence-corrected chi connectivity index (χ3v) is 4.00. The van der Waals surface area contributed by atoms with Crippen LogP contribution in [0.5, 0.6) is 0 Å². The van der Waals surface area contributed by atoms with E-state index in [0.29, 0.717) is 11.6 Å². The summed E-state index contributed by atoms with van der Waals surface area (Å²) in [6.07, 6.45) is 4.90. The van der Waals surface area contributed by atoms with Gasteiger partial charge in [-0.2, -0.15) is 0 Å². The molecule has 0 atom stereocenters. The fraction of sp³-hybridized carbons (Fsp3) is 0.636. The number of thiazole rings is 1. The first-order chi connectivity index (χ1) is 7.22. The predicted molar refractivity (Wildman–Crippen MR) is 59.4 cm³/mol. The zero-order valence-electron chi connectivity index (χ0n) is 9.08. The molecule has 1 heterocycles. The smallest absolute Gasteiger partial charge is 0.357 e. The van der Waals surface area contributed by atoms with E-state index >= 15 is 0 Å². The Morgan fingerprint density at radius 3 is 2.73 bits per heavy atom. The Labute approximate surface area is 93.5 Å². The number of nitrogens with zero attached hydrogens (tertiary/aromatic N) is 1. The van der Waals surface area contributed by atoms with Crippen LogP contribution in [-0.4, -0.2) is 18.1 Å². The van der Waals surface area contributed by atoms with Crippen molar-refractivity contribution in [3.05, 3.63) is 15.6 Å². The molecule has 1 aliphatic carbocycles. The SMILES string of the molecule is COC(=O)c1nc(C)sc1C1CCCC1. The highest BCUT2D eigenvalue weighted by atomic mass is 32.1. The van der Waals surface area contributed by atoms with Crippen molar-refractivity contribution in [3.8, 4) is 0 Å². The second-order valence-electron chi connectivity index (χ2n) is 3.92. The van der Waals surface area contributed by atoms with E-state index in [0.717, 1.165) is 9.88 Å². The largest absolute Gasteiger partial charge is 0.464 e. The summed E-state index contributed by atoms with van der Waals surface area (Å²) in [5.41, 5.74) is 0.548. The van der Waals surface area contributed by atoms with Gasteiger partial charge in [0.25, 0.3) is 0 Å². The Morgan fingerprint density at radius 2 is 2.13 bits per heavy atom. The molecule has 15 heavy (non-hydrogen) atoms. The number of aromatic nitrogens is 1. The van der Waals surface area contributed by atoms with Gasteiger partial charge in [0.2, 0.25) is 0 Å². The molecular weight excluding hydrogens is 210 g/mol. The second-order valence-corrected chi connectivity index (χ2v) is 5.15. The number of ether oxygens (including phenoxy) is 1. The van der Waals surface area contributed by atoms with Crippen LogP contribution in [0.15, 0.2) is 0 Å². The van der Waals surface area contributed by atoms with Gasteiger partial charge < -0.3 is 4.74 Å². The van der Waals surface area contributed by atoms with Gasteiger partial charge in [-0.15, -0.1) is 11.3 Å². The molecule has 82 valence electrons. The average Bonchev–Trinajstić information content (AvgIpc) is 2.84. The molecule has 4 heteroatoms. The molecule has 0 amide bonds. The Morgan fingerprint density at radius 1 is 1.47 bits per heavy atom. The van der Waals surface area contributed by atoms with Gasteiger partial charge >= 0.3 is 5.97 Å². The summed E-state index contributed by atoms with van der Waals surface area (Å²) >= 11 is 1.64. The van der Waals surface area contributed by atoms with E-state index in [1.54, 1.807) is 11.3 Å². The lowest BCUT2D eigenvalue weighted by Crippen LogP contribution is -2.06. The number of esters is 1. The monoisotopic (exact) mass is 225 g/mol. The van der Waals surface area contributed by atoms with Crippen molar-refractivity contribution < 1.29 is 9.53 Å². The van der Waals surface area contributed by atoms with Gasteiger partial charge in [-0.25, -0.2) is 9.78 Å². The Hall–Kier alpha value is -0.900. The molecule has 0 saturated heterocycles. The van der Waals surface area contributed by atoms with Crippen molar-refractivity contribution >= 4 is 17.3 Å². The number of carbonyl (C=O) groups excluding carboxylic acids is 1. The molecule has 2 rings (SSSR count). The van der Waals surface area contributed by atoms with Crippen LogP contribution in [0.25, 0.3) is 0 Å². The number of hydrogen-bond donors (Lipinski definition) is 0. The number of rotatable bonds is 2. The van der Waals surface area contributed by atoms with Crippen molar-refractivity contribution in [1.82, 2.24) is 4.98 Å². The van der Waals surface area contributed by atoms with Gasteiger partial charge in [0.15, 0.2) is 5.69 Å². The molecule has 1 fully saturated rings. The van der Waals surface area contributed by atoms with Crippen LogP contribution in [0.2, 0.25) is 0 Å². The van der Waals surface area contributed by atoms with Crippen LogP contribution < -0.4 is 0 Å². The fourth-order valence-corrected chi connectivity index (χ4v) is 3.23. The highest BCUT2D eigenvalue weighted by Crippen LogP contribution is 2.38. The first kappa shape index (κ1) is 10.6. The average molecular weight is 225 g/mol. The van der Waals surface area contributed by atoms with E-state index in [9.17, 15) is 4.79 Å². The van der Waals surface area contributed by atoms with Crippen LogP contribution >= 0.6 is 11.3 Å². The minimum Gasteiger partial charge on any atom is -0.464 e. The Balaban J connectivity index is 2.32. The zero-order valence-corrected chi connectivity index (χ0v) is 9.89. The molecule has 0 aromatic carbocycles. The van der Waals surface area contributed by atoms with Crippen LogP contribution in [0, 0.1) is 6.92 Å². The Bertz CT molecular complexity index is 367. The van der Waals surface area contributed by atoms with Gasteiger partial charge in [-0.3, -0.25) is 0 Å². The molecule has 0 N–H and O–H groups in total. The maximum atomic E-state index is 11.5. The lowest BCUT2D eigenvalue weighted by atomic mass is 10.1. The van der Waals surface area contributed by atoms with E-state index in [-0.39, 0.29) is 5.97 Å². The van der Waals surface area contributed by atoms with Gasteiger partial charge in [-0.05, 0) is 25.7 Å². The van der Waals surface area contributed by atoms with Gasteiger partial charge in [0, 0.05) is 4.88 Å². The lowest BCUT2D eigenvalue weighted by molar-refractivity contribution is 0.0593. The van der Waals surface area contributed by atoms with Crippen molar-refractivity contribution in [2.75, 3.05) is 7.11 Å². The first-order valence-electron chi connectivity index (χ1n) is 5.28. The summed E-state index contributed by atoms with van der Waals surface area (Å²) in [5.74, 6) is 0.242. The van der Waals surface area contributed by atoms with Gasteiger partial charge in [0.1, 0.15) is 0 Å². The lowest BCUT2D eigenvalue weighted by Gasteiger charge is -2.06. The van der Waals surface area contributed by atoms with Crippen LogP contribution in [0.3, 0.4) is 0 Å². The number of hydrogen-bond acceptors (Lipinski definition) is 4. The predicted octanol–water partition coefficient (Wildman–Crippen LogP) is 2.90.